The Labute approximate surface area is 131 Å². The Morgan fingerprint density at radius 1 is 1.45 bits per heavy atom. The predicted octanol–water partition coefficient (Wildman–Crippen LogP) is 2.97. The highest BCUT2D eigenvalue weighted by atomic mass is 32.1. The van der Waals surface area contributed by atoms with Crippen molar-refractivity contribution in [3.8, 4) is 22.9 Å². The van der Waals surface area contributed by atoms with Crippen molar-refractivity contribution in [2.75, 3.05) is 7.11 Å². The zero-order valence-corrected chi connectivity index (χ0v) is 13.0. The van der Waals surface area contributed by atoms with Gasteiger partial charge in [0.2, 0.25) is 0 Å². The molecule has 6 heteroatoms. The number of thiophene rings is 1. The summed E-state index contributed by atoms with van der Waals surface area (Å²) in [5, 5.41) is 11.4. The van der Waals surface area contributed by atoms with E-state index in [-0.39, 0.29) is 12.1 Å². The van der Waals surface area contributed by atoms with Crippen LogP contribution in [0.3, 0.4) is 0 Å². The highest BCUT2D eigenvalue weighted by molar-refractivity contribution is 7.17. The van der Waals surface area contributed by atoms with Crippen LogP contribution in [0.2, 0.25) is 0 Å². The van der Waals surface area contributed by atoms with Gasteiger partial charge in [-0.25, -0.2) is 4.98 Å². The molecule has 0 atom stereocenters. The molecule has 0 aliphatic carbocycles. The van der Waals surface area contributed by atoms with Crippen LogP contribution in [0.15, 0.2) is 34.4 Å². The van der Waals surface area contributed by atoms with Crippen molar-refractivity contribution in [1.82, 2.24) is 9.55 Å². The zero-order chi connectivity index (χ0) is 15.7. The van der Waals surface area contributed by atoms with E-state index in [4.69, 9.17) is 10.00 Å². The van der Waals surface area contributed by atoms with Crippen LogP contribution in [0.1, 0.15) is 5.82 Å². The second kappa shape index (κ2) is 5.62. The Kier molecular flexibility index (Phi) is 3.65. The van der Waals surface area contributed by atoms with Crippen LogP contribution in [-0.4, -0.2) is 16.7 Å². The quantitative estimate of drug-likeness (QED) is 0.746. The van der Waals surface area contributed by atoms with Crippen LogP contribution in [0.5, 0.6) is 5.75 Å². The summed E-state index contributed by atoms with van der Waals surface area (Å²) < 4.78 is 6.64. The third-order valence-electron chi connectivity index (χ3n) is 3.49. The van der Waals surface area contributed by atoms with Crippen LogP contribution in [0.25, 0.3) is 21.3 Å². The number of hydrogen-bond donors (Lipinski definition) is 0. The number of nitriles is 1. The molecule has 0 fully saturated rings. The molecule has 1 aromatic carbocycles. The third kappa shape index (κ3) is 2.26. The van der Waals surface area contributed by atoms with Gasteiger partial charge in [-0.3, -0.25) is 9.36 Å². The third-order valence-corrected chi connectivity index (χ3v) is 4.37. The van der Waals surface area contributed by atoms with Crippen LogP contribution in [-0.2, 0) is 6.54 Å². The molecular weight excluding hydrogens is 298 g/mol. The molecule has 0 saturated heterocycles. The molecule has 0 bridgehead atoms. The minimum atomic E-state index is -0.178. The topological polar surface area (TPSA) is 67.9 Å². The van der Waals surface area contributed by atoms with E-state index in [1.165, 1.54) is 15.9 Å². The van der Waals surface area contributed by atoms with E-state index in [2.05, 4.69) is 4.98 Å². The first-order valence-corrected chi connectivity index (χ1v) is 7.53. The van der Waals surface area contributed by atoms with Gasteiger partial charge in [0.25, 0.3) is 5.56 Å². The fraction of sp³-hybridized carbons (Fsp3) is 0.188. The molecule has 0 aliphatic heterocycles. The van der Waals surface area contributed by atoms with Crippen molar-refractivity contribution in [1.29, 1.82) is 5.26 Å². The Morgan fingerprint density at radius 3 is 3.00 bits per heavy atom. The Balaban J connectivity index is 2.30. The summed E-state index contributed by atoms with van der Waals surface area (Å²) in [6.07, 6.45) is 0. The number of fused-ring (bicyclic) bond motifs is 1. The van der Waals surface area contributed by atoms with Gasteiger partial charge in [-0.1, -0.05) is 12.1 Å². The smallest absolute Gasteiger partial charge is 0.263 e. The molecule has 3 rings (SSSR count). The van der Waals surface area contributed by atoms with Gasteiger partial charge in [0, 0.05) is 10.9 Å². The van der Waals surface area contributed by atoms with Gasteiger partial charge in [0.1, 0.15) is 22.9 Å². The molecule has 0 spiro atoms. The molecule has 5 nitrogen and oxygen atoms in total. The van der Waals surface area contributed by atoms with Gasteiger partial charge in [-0.2, -0.15) is 5.26 Å². The molecule has 0 aliphatic rings. The second-order valence-electron chi connectivity index (χ2n) is 4.77. The fourth-order valence-electron chi connectivity index (χ4n) is 2.39. The van der Waals surface area contributed by atoms with Crippen LogP contribution in [0, 0.1) is 18.3 Å². The molecular formula is C16H13N3O2S. The fourth-order valence-corrected chi connectivity index (χ4v) is 3.37. The van der Waals surface area contributed by atoms with Crippen molar-refractivity contribution in [3.63, 3.8) is 0 Å². The second-order valence-corrected chi connectivity index (χ2v) is 5.63. The summed E-state index contributed by atoms with van der Waals surface area (Å²) >= 11 is 1.43. The number of aryl methyl sites for hydroxylation is 1. The van der Waals surface area contributed by atoms with E-state index in [0.717, 1.165) is 16.9 Å². The standard InChI is InChI=1S/C16H13N3O2S/c1-10-18-15-14(16(20)19(10)7-6-17)13(9-22-15)11-4-3-5-12(8-11)21-2/h3-5,8-9H,7H2,1-2H3. The minimum Gasteiger partial charge on any atom is -0.497 e. The molecule has 0 saturated carbocycles. The average molecular weight is 311 g/mol. The number of aromatic nitrogens is 2. The lowest BCUT2D eigenvalue weighted by molar-refractivity contribution is 0.415. The van der Waals surface area contributed by atoms with Crippen LogP contribution < -0.4 is 10.3 Å². The van der Waals surface area contributed by atoms with Gasteiger partial charge >= 0.3 is 0 Å². The van der Waals surface area contributed by atoms with Gasteiger partial charge in [-0.05, 0) is 24.6 Å². The maximum Gasteiger partial charge on any atom is 0.263 e. The van der Waals surface area contributed by atoms with Gasteiger partial charge in [-0.15, -0.1) is 11.3 Å². The van der Waals surface area contributed by atoms with Crippen molar-refractivity contribution < 1.29 is 4.74 Å². The molecule has 0 unspecified atom stereocenters. The monoisotopic (exact) mass is 311 g/mol. The van der Waals surface area contributed by atoms with E-state index >= 15 is 0 Å². The van der Waals surface area contributed by atoms with Gasteiger partial charge in [0.15, 0.2) is 0 Å². The van der Waals surface area contributed by atoms with Crippen LogP contribution in [0.4, 0.5) is 0 Å². The summed E-state index contributed by atoms with van der Waals surface area (Å²) in [4.78, 5) is 17.8. The number of methoxy groups -OCH3 is 1. The number of rotatable bonds is 3. The number of benzene rings is 1. The van der Waals surface area contributed by atoms with Crippen LogP contribution >= 0.6 is 11.3 Å². The highest BCUT2D eigenvalue weighted by Crippen LogP contribution is 2.32. The molecule has 0 N–H and O–H groups in total. The summed E-state index contributed by atoms with van der Waals surface area (Å²) in [6.45, 7) is 1.74. The molecule has 2 aromatic heterocycles. The van der Waals surface area contributed by atoms with Crippen molar-refractivity contribution in [2.24, 2.45) is 0 Å². The molecule has 110 valence electrons. The first-order chi connectivity index (χ1) is 10.7. The van der Waals surface area contributed by atoms with E-state index in [9.17, 15) is 4.79 Å². The maximum atomic E-state index is 12.7. The predicted molar refractivity (Wildman–Crippen MR) is 86.2 cm³/mol. The minimum absolute atomic E-state index is 0.000996. The van der Waals surface area contributed by atoms with E-state index in [1.807, 2.05) is 35.7 Å². The molecule has 0 amide bonds. The SMILES string of the molecule is COc1cccc(-c2csc3nc(C)n(CC#N)c(=O)c23)c1. The van der Waals surface area contributed by atoms with E-state index in [1.54, 1.807) is 14.0 Å². The van der Waals surface area contributed by atoms with Gasteiger partial charge in [0.05, 0.1) is 18.6 Å². The number of ether oxygens (including phenoxy) is 1. The van der Waals surface area contributed by atoms with Crippen molar-refractivity contribution in [2.45, 2.75) is 13.5 Å². The summed E-state index contributed by atoms with van der Waals surface area (Å²) in [5.74, 6) is 1.28. The van der Waals surface area contributed by atoms with E-state index in [0.29, 0.717) is 16.0 Å². The molecule has 3 aromatic rings. The summed E-state index contributed by atoms with van der Waals surface area (Å²) in [5.41, 5.74) is 1.54. The zero-order valence-electron chi connectivity index (χ0n) is 12.2. The maximum absolute atomic E-state index is 12.7. The molecule has 2 heterocycles. The summed E-state index contributed by atoms with van der Waals surface area (Å²) in [6, 6.07) is 9.56. The molecule has 0 radical (unpaired) electrons. The largest absolute Gasteiger partial charge is 0.497 e. The van der Waals surface area contributed by atoms with E-state index < -0.39 is 0 Å². The summed E-state index contributed by atoms with van der Waals surface area (Å²) in [7, 11) is 1.61. The number of hydrogen-bond acceptors (Lipinski definition) is 5. The lowest BCUT2D eigenvalue weighted by atomic mass is 10.1. The van der Waals surface area contributed by atoms with Gasteiger partial charge < -0.3 is 4.74 Å². The first kappa shape index (κ1) is 14.3. The lowest BCUT2D eigenvalue weighted by Crippen LogP contribution is -2.23. The Hall–Kier alpha value is -2.65. The highest BCUT2D eigenvalue weighted by Gasteiger charge is 2.15. The number of nitrogens with zero attached hydrogens (tertiary/aromatic N) is 3. The Bertz CT molecular complexity index is 950. The molecule has 22 heavy (non-hydrogen) atoms. The first-order valence-electron chi connectivity index (χ1n) is 6.65. The van der Waals surface area contributed by atoms with Crippen molar-refractivity contribution in [3.05, 3.63) is 45.8 Å². The normalized spacial score (nSPS) is 10.6. The van der Waals surface area contributed by atoms with Crippen molar-refractivity contribution >= 4 is 21.6 Å². The average Bonchev–Trinajstić information content (AvgIpc) is 2.95. The Morgan fingerprint density at radius 2 is 2.27 bits per heavy atom. The lowest BCUT2D eigenvalue weighted by Gasteiger charge is -2.07.